The van der Waals surface area contributed by atoms with Crippen LogP contribution in [0.5, 0.6) is 0 Å². The summed E-state index contributed by atoms with van der Waals surface area (Å²) in [6.45, 7) is 1.39. The van der Waals surface area contributed by atoms with Crippen molar-refractivity contribution in [2.24, 2.45) is 5.73 Å². The summed E-state index contributed by atoms with van der Waals surface area (Å²) in [5.74, 6) is 0. The summed E-state index contributed by atoms with van der Waals surface area (Å²) in [5.41, 5.74) is 4.70. The minimum absolute atomic E-state index is 0.0893. The molecule has 1 aromatic carbocycles. The maximum atomic E-state index is 12.5. The lowest BCUT2D eigenvalue weighted by molar-refractivity contribution is -0.137. The molecule has 0 aliphatic rings. The van der Waals surface area contributed by atoms with Crippen LogP contribution < -0.4 is 5.73 Å². The highest BCUT2D eigenvalue weighted by Crippen LogP contribution is 2.37. The van der Waals surface area contributed by atoms with E-state index in [0.717, 1.165) is 6.07 Å². The van der Waals surface area contributed by atoms with Crippen molar-refractivity contribution in [1.29, 1.82) is 0 Å². The third-order valence-corrected chi connectivity index (χ3v) is 2.63. The molecule has 0 aromatic heterocycles. The van der Waals surface area contributed by atoms with Gasteiger partial charge in [0.15, 0.2) is 0 Å². The Morgan fingerprint density at radius 2 is 1.94 bits per heavy atom. The van der Waals surface area contributed by atoms with Crippen LogP contribution in [0.2, 0.25) is 5.02 Å². The van der Waals surface area contributed by atoms with Gasteiger partial charge in [0.2, 0.25) is 0 Å². The van der Waals surface area contributed by atoms with Gasteiger partial charge in [0.1, 0.15) is 0 Å². The highest BCUT2D eigenvalue weighted by atomic mass is 35.5. The molecule has 0 unspecified atom stereocenters. The quantitative estimate of drug-likeness (QED) is 0.851. The standard InChI is InChI=1S/C10H11ClF3NO/c1-5(16)9(15)6-3-2-4-7(8(6)11)10(12,13)14/h2-5,9,16H,15H2,1H3/t5-,9-/m1/s1. The minimum Gasteiger partial charge on any atom is -0.391 e. The van der Waals surface area contributed by atoms with Crippen molar-refractivity contribution in [1.82, 2.24) is 0 Å². The van der Waals surface area contributed by atoms with E-state index < -0.39 is 28.9 Å². The van der Waals surface area contributed by atoms with Crippen LogP contribution in [0.15, 0.2) is 18.2 Å². The molecule has 0 heterocycles. The molecular formula is C10H11ClF3NO. The smallest absolute Gasteiger partial charge is 0.391 e. The molecule has 0 saturated heterocycles. The van der Waals surface area contributed by atoms with Crippen LogP contribution in [0.4, 0.5) is 13.2 Å². The molecule has 0 aliphatic carbocycles. The molecule has 6 heteroatoms. The van der Waals surface area contributed by atoms with Crippen LogP contribution in [0, 0.1) is 0 Å². The first-order chi connectivity index (χ1) is 7.25. The summed E-state index contributed by atoms with van der Waals surface area (Å²) in [7, 11) is 0. The molecule has 0 bridgehead atoms. The zero-order valence-corrected chi connectivity index (χ0v) is 9.18. The summed E-state index contributed by atoms with van der Waals surface area (Å²) in [5, 5.41) is 8.77. The van der Waals surface area contributed by atoms with Gasteiger partial charge in [0.25, 0.3) is 0 Å². The van der Waals surface area contributed by atoms with E-state index in [4.69, 9.17) is 17.3 Å². The average Bonchev–Trinajstić information content (AvgIpc) is 2.15. The van der Waals surface area contributed by atoms with Gasteiger partial charge in [-0.15, -0.1) is 0 Å². The molecule has 1 aromatic rings. The second kappa shape index (κ2) is 4.61. The zero-order valence-electron chi connectivity index (χ0n) is 8.42. The van der Waals surface area contributed by atoms with E-state index in [1.807, 2.05) is 0 Å². The SMILES string of the molecule is C[C@@H](O)[C@@H](N)c1cccc(C(F)(F)F)c1Cl. The maximum Gasteiger partial charge on any atom is 0.417 e. The van der Waals surface area contributed by atoms with E-state index in [1.54, 1.807) is 0 Å². The molecule has 0 radical (unpaired) electrons. The topological polar surface area (TPSA) is 46.2 Å². The Labute approximate surface area is 95.8 Å². The second-order valence-corrected chi connectivity index (χ2v) is 3.85. The fourth-order valence-electron chi connectivity index (χ4n) is 1.29. The molecule has 2 nitrogen and oxygen atoms in total. The molecule has 0 amide bonds. The highest BCUT2D eigenvalue weighted by molar-refractivity contribution is 6.32. The van der Waals surface area contributed by atoms with E-state index >= 15 is 0 Å². The van der Waals surface area contributed by atoms with Gasteiger partial charge in [-0.2, -0.15) is 13.2 Å². The Morgan fingerprint density at radius 1 is 1.38 bits per heavy atom. The Bertz CT molecular complexity index is 379. The number of hydrogen-bond acceptors (Lipinski definition) is 2. The number of aliphatic hydroxyl groups excluding tert-OH is 1. The summed E-state index contributed by atoms with van der Waals surface area (Å²) in [6, 6.07) is 2.52. The van der Waals surface area contributed by atoms with Gasteiger partial charge in [0.05, 0.1) is 22.7 Å². The first kappa shape index (κ1) is 13.3. The average molecular weight is 254 g/mol. The first-order valence-corrected chi connectivity index (χ1v) is 4.92. The van der Waals surface area contributed by atoms with Gasteiger partial charge in [-0.05, 0) is 18.6 Å². The van der Waals surface area contributed by atoms with Crippen molar-refractivity contribution in [2.45, 2.75) is 25.2 Å². The van der Waals surface area contributed by atoms with Gasteiger partial charge >= 0.3 is 6.18 Å². The van der Waals surface area contributed by atoms with Crippen LogP contribution in [0.3, 0.4) is 0 Å². The lowest BCUT2D eigenvalue weighted by Gasteiger charge is -2.19. The molecule has 16 heavy (non-hydrogen) atoms. The fraction of sp³-hybridized carbons (Fsp3) is 0.400. The van der Waals surface area contributed by atoms with E-state index in [1.165, 1.54) is 19.1 Å². The molecule has 90 valence electrons. The molecule has 3 N–H and O–H groups in total. The van der Waals surface area contributed by atoms with E-state index in [9.17, 15) is 18.3 Å². The summed E-state index contributed by atoms with van der Waals surface area (Å²) < 4.78 is 37.5. The van der Waals surface area contributed by atoms with Gasteiger partial charge in [-0.1, -0.05) is 23.7 Å². The lowest BCUT2D eigenvalue weighted by atomic mass is 10.0. The normalized spacial score (nSPS) is 15.9. The van der Waals surface area contributed by atoms with E-state index in [-0.39, 0.29) is 5.56 Å². The molecule has 0 saturated carbocycles. The van der Waals surface area contributed by atoms with Crippen molar-refractivity contribution in [3.63, 3.8) is 0 Å². The van der Waals surface area contributed by atoms with Gasteiger partial charge in [-0.25, -0.2) is 0 Å². The van der Waals surface area contributed by atoms with Gasteiger partial charge in [-0.3, -0.25) is 0 Å². The summed E-state index contributed by atoms with van der Waals surface area (Å²) in [6.07, 6.45) is -5.49. The number of hydrogen-bond donors (Lipinski definition) is 2. The first-order valence-electron chi connectivity index (χ1n) is 4.54. The van der Waals surface area contributed by atoms with Crippen molar-refractivity contribution < 1.29 is 18.3 Å². The zero-order chi connectivity index (χ0) is 12.5. The lowest BCUT2D eigenvalue weighted by Crippen LogP contribution is -2.24. The number of nitrogens with two attached hydrogens (primary N) is 1. The van der Waals surface area contributed by atoms with Crippen LogP contribution >= 0.6 is 11.6 Å². The molecule has 0 fully saturated rings. The third-order valence-electron chi connectivity index (χ3n) is 2.21. The van der Waals surface area contributed by atoms with Crippen LogP contribution in [-0.4, -0.2) is 11.2 Å². The van der Waals surface area contributed by atoms with E-state index in [2.05, 4.69) is 0 Å². The maximum absolute atomic E-state index is 12.5. The second-order valence-electron chi connectivity index (χ2n) is 3.47. The van der Waals surface area contributed by atoms with E-state index in [0.29, 0.717) is 0 Å². The molecular weight excluding hydrogens is 243 g/mol. The largest absolute Gasteiger partial charge is 0.417 e. The van der Waals surface area contributed by atoms with Crippen LogP contribution in [0.1, 0.15) is 24.1 Å². The molecule has 1 rings (SSSR count). The number of rotatable bonds is 2. The van der Waals surface area contributed by atoms with Crippen LogP contribution in [0.25, 0.3) is 0 Å². The minimum atomic E-state index is -4.52. The third kappa shape index (κ3) is 2.66. The fourth-order valence-corrected chi connectivity index (χ4v) is 1.65. The summed E-state index contributed by atoms with van der Waals surface area (Å²) >= 11 is 5.62. The Morgan fingerprint density at radius 3 is 2.38 bits per heavy atom. The van der Waals surface area contributed by atoms with Crippen molar-refractivity contribution in [3.8, 4) is 0 Å². The molecule has 0 aliphatic heterocycles. The number of alkyl halides is 3. The predicted molar refractivity (Wildman–Crippen MR) is 55.1 cm³/mol. The van der Waals surface area contributed by atoms with Crippen LogP contribution in [-0.2, 0) is 6.18 Å². The molecule has 0 spiro atoms. The Kier molecular flexibility index (Phi) is 3.83. The van der Waals surface area contributed by atoms with Gasteiger partial charge in [0, 0.05) is 0 Å². The van der Waals surface area contributed by atoms with Crippen molar-refractivity contribution >= 4 is 11.6 Å². The summed E-state index contributed by atoms with van der Waals surface area (Å²) in [4.78, 5) is 0. The monoisotopic (exact) mass is 253 g/mol. The predicted octanol–water partition coefficient (Wildman–Crippen LogP) is 2.74. The van der Waals surface area contributed by atoms with Crippen molar-refractivity contribution in [3.05, 3.63) is 34.3 Å². The Hall–Kier alpha value is -0.780. The number of benzene rings is 1. The van der Waals surface area contributed by atoms with Gasteiger partial charge < -0.3 is 10.8 Å². The molecule has 2 atom stereocenters. The highest BCUT2D eigenvalue weighted by Gasteiger charge is 2.34. The Balaban J connectivity index is 3.24. The number of halogens is 4. The number of aliphatic hydroxyl groups is 1. The van der Waals surface area contributed by atoms with Crippen molar-refractivity contribution in [2.75, 3.05) is 0 Å².